The topological polar surface area (TPSA) is 127 Å². The monoisotopic (exact) mass is 338 g/mol. The van der Waals surface area contributed by atoms with Crippen molar-refractivity contribution in [3.63, 3.8) is 0 Å². The molecule has 0 spiro atoms. The molecule has 3 N–H and O–H groups in total. The fourth-order valence-corrected chi connectivity index (χ4v) is 3.91. The second-order valence-electron chi connectivity index (χ2n) is 5.28. The van der Waals surface area contributed by atoms with E-state index < -0.39 is 32.4 Å². The number of anilines is 1. The molecule has 0 amide bonds. The lowest BCUT2D eigenvalue weighted by molar-refractivity contribution is -0.0617. The molecule has 0 aromatic carbocycles. The van der Waals surface area contributed by atoms with Crippen LogP contribution in [0.5, 0.6) is 0 Å². The maximum Gasteiger partial charge on any atom is 0.488 e. The van der Waals surface area contributed by atoms with Gasteiger partial charge in [-0.25, -0.2) is 19.8 Å². The number of imidazole rings is 1. The lowest BCUT2D eigenvalue weighted by atomic mass is 10.1. The molecule has 2 aromatic rings. The van der Waals surface area contributed by atoms with E-state index in [-0.39, 0.29) is 12.4 Å². The van der Waals surface area contributed by atoms with E-state index in [0.717, 1.165) is 0 Å². The highest BCUT2D eigenvalue weighted by Crippen LogP contribution is 2.58. The molecular formula is C11H14BN5O5P+. The maximum atomic E-state index is 9.84. The highest BCUT2D eigenvalue weighted by molar-refractivity contribution is 7.85. The fraction of sp³-hybridized carbons (Fsp3) is 0.545. The van der Waals surface area contributed by atoms with E-state index in [4.69, 9.17) is 31.8 Å². The van der Waals surface area contributed by atoms with Crippen molar-refractivity contribution in [2.75, 3.05) is 19.5 Å². The Kier molecular flexibility index (Phi) is 3.52. The average molecular weight is 338 g/mol. The second-order valence-corrected chi connectivity index (χ2v) is 6.88. The summed E-state index contributed by atoms with van der Waals surface area (Å²) in [6, 6.07) is 0. The van der Waals surface area contributed by atoms with Gasteiger partial charge < -0.3 is 15.2 Å². The summed E-state index contributed by atoms with van der Waals surface area (Å²) in [6.07, 6.45) is 0.824. The van der Waals surface area contributed by atoms with E-state index in [9.17, 15) is 4.89 Å². The molecule has 2 saturated heterocycles. The Morgan fingerprint density at radius 2 is 2.30 bits per heavy atom. The van der Waals surface area contributed by atoms with E-state index in [0.29, 0.717) is 11.2 Å². The van der Waals surface area contributed by atoms with Crippen molar-refractivity contribution in [2.45, 2.75) is 24.5 Å². The van der Waals surface area contributed by atoms with Gasteiger partial charge in [-0.2, -0.15) is 9.05 Å². The molecule has 10 nitrogen and oxygen atoms in total. The predicted octanol–water partition coefficient (Wildman–Crippen LogP) is -0.425. The molecule has 2 aliphatic rings. The standard InChI is InChI=1S/C11H14BN5O5P/c1-19-8-7-5(2-20-23(12,18)22-7)21-11(8)17-4-16-6-9(13)14-3-15-10(6)17/h3-5,7-8,11,18H,2H2,1H3,(H2,13,14,15)/q+1/t5-,7-,8-,11-,23?/m1/s1. The van der Waals surface area contributed by atoms with Crippen LogP contribution in [-0.4, -0.2) is 64.0 Å². The summed E-state index contributed by atoms with van der Waals surface area (Å²) < 4.78 is 23.7. The van der Waals surface area contributed by atoms with Crippen LogP contribution in [0.3, 0.4) is 0 Å². The number of ether oxygens (including phenoxy) is 2. The van der Waals surface area contributed by atoms with Gasteiger partial charge in [0.25, 0.3) is 0 Å². The summed E-state index contributed by atoms with van der Waals surface area (Å²) in [5, 5.41) is 0. The van der Waals surface area contributed by atoms with Crippen LogP contribution in [0.1, 0.15) is 6.23 Å². The quantitative estimate of drug-likeness (QED) is 0.554. The first-order chi connectivity index (χ1) is 11.0. The Morgan fingerprint density at radius 3 is 3.09 bits per heavy atom. The first-order valence-corrected chi connectivity index (χ1v) is 8.49. The SMILES string of the molecule is [B][P+]1(O)OC[C@H]2O[C@@H](n3cnc4c(N)ncnc43)[C@H](OC)[C@@H]2O1. The number of fused-ring (bicyclic) bond motifs is 2. The Balaban J connectivity index is 1.72. The van der Waals surface area contributed by atoms with Crippen molar-refractivity contribution in [1.82, 2.24) is 19.5 Å². The Hall–Kier alpha value is -1.36. The molecule has 0 bridgehead atoms. The minimum atomic E-state index is -3.35. The van der Waals surface area contributed by atoms with Gasteiger partial charge in [0, 0.05) is 7.11 Å². The molecule has 0 aliphatic carbocycles. The maximum absolute atomic E-state index is 9.84. The lowest BCUT2D eigenvalue weighted by Crippen LogP contribution is -2.41. The van der Waals surface area contributed by atoms with Crippen LogP contribution in [0, 0.1) is 0 Å². The lowest BCUT2D eigenvalue weighted by Gasteiger charge is -2.29. The third-order valence-electron chi connectivity index (χ3n) is 3.92. The summed E-state index contributed by atoms with van der Waals surface area (Å²) in [5.74, 6) is 0.278. The number of hydrogen-bond acceptors (Lipinski definition) is 9. The third kappa shape index (κ3) is 2.40. The van der Waals surface area contributed by atoms with Gasteiger partial charge in [-0.1, -0.05) is 0 Å². The van der Waals surface area contributed by atoms with Gasteiger partial charge in [-0.05, 0) is 0 Å². The number of aromatic nitrogens is 4. The highest BCUT2D eigenvalue weighted by Gasteiger charge is 2.57. The zero-order valence-corrected chi connectivity index (χ0v) is 13.0. The average Bonchev–Trinajstić information content (AvgIpc) is 3.07. The van der Waals surface area contributed by atoms with Gasteiger partial charge in [0.05, 0.1) is 6.33 Å². The van der Waals surface area contributed by atoms with Crippen LogP contribution < -0.4 is 5.73 Å². The molecule has 120 valence electrons. The molecule has 2 aromatic heterocycles. The molecule has 2 fully saturated rings. The molecule has 2 aliphatic heterocycles. The predicted molar refractivity (Wildman–Crippen MR) is 80.2 cm³/mol. The van der Waals surface area contributed by atoms with Crippen LogP contribution in [0.4, 0.5) is 5.82 Å². The number of rotatable bonds is 2. The highest BCUT2D eigenvalue weighted by atomic mass is 31.2. The molecule has 2 radical (unpaired) electrons. The first-order valence-electron chi connectivity index (χ1n) is 6.85. The summed E-state index contributed by atoms with van der Waals surface area (Å²) in [4.78, 5) is 22.2. The normalized spacial score (nSPS) is 37.1. The number of hydrogen-bond donors (Lipinski definition) is 2. The number of nitrogen functional groups attached to an aromatic ring is 1. The summed E-state index contributed by atoms with van der Waals surface area (Å²) in [6.45, 7) is 0.117. The van der Waals surface area contributed by atoms with Gasteiger partial charge >= 0.3 is 15.4 Å². The van der Waals surface area contributed by atoms with Crippen LogP contribution in [-0.2, 0) is 18.5 Å². The Bertz CT molecular complexity index is 745. The zero-order chi connectivity index (χ0) is 16.2. The largest absolute Gasteiger partial charge is 0.488 e. The van der Waals surface area contributed by atoms with Gasteiger partial charge in [0.1, 0.15) is 30.7 Å². The van der Waals surface area contributed by atoms with E-state index in [2.05, 4.69) is 15.0 Å². The van der Waals surface area contributed by atoms with Crippen LogP contribution in [0.15, 0.2) is 12.7 Å². The van der Waals surface area contributed by atoms with E-state index >= 15 is 0 Å². The molecule has 4 rings (SSSR count). The molecule has 5 atom stereocenters. The zero-order valence-electron chi connectivity index (χ0n) is 12.1. The van der Waals surface area contributed by atoms with Crippen LogP contribution in [0.25, 0.3) is 11.2 Å². The number of nitrogens with two attached hydrogens (primary N) is 1. The number of methoxy groups -OCH3 is 1. The first kappa shape index (κ1) is 15.2. The van der Waals surface area contributed by atoms with Gasteiger partial charge in [-0.3, -0.25) is 4.57 Å². The van der Waals surface area contributed by atoms with Crippen molar-refractivity contribution in [3.8, 4) is 0 Å². The number of nitrogens with zero attached hydrogens (tertiary/aromatic N) is 4. The minimum Gasteiger partial charge on any atom is -0.382 e. The van der Waals surface area contributed by atoms with Crippen molar-refractivity contribution in [1.29, 1.82) is 0 Å². The summed E-state index contributed by atoms with van der Waals surface area (Å²) >= 11 is 0. The smallest absolute Gasteiger partial charge is 0.382 e. The van der Waals surface area contributed by atoms with Crippen molar-refractivity contribution < 1.29 is 23.4 Å². The summed E-state index contributed by atoms with van der Waals surface area (Å²) in [7, 11) is 3.76. The molecule has 23 heavy (non-hydrogen) atoms. The Labute approximate surface area is 132 Å². The summed E-state index contributed by atoms with van der Waals surface area (Å²) in [5.41, 5.74) is 6.79. The Morgan fingerprint density at radius 1 is 1.48 bits per heavy atom. The third-order valence-corrected chi connectivity index (χ3v) is 4.98. The van der Waals surface area contributed by atoms with Gasteiger partial charge in [0.2, 0.25) is 0 Å². The fourth-order valence-electron chi connectivity index (χ4n) is 2.89. The van der Waals surface area contributed by atoms with E-state index in [1.807, 2.05) is 0 Å². The van der Waals surface area contributed by atoms with Crippen LogP contribution >= 0.6 is 7.82 Å². The molecule has 4 heterocycles. The van der Waals surface area contributed by atoms with Crippen LogP contribution in [0.2, 0.25) is 0 Å². The van der Waals surface area contributed by atoms with E-state index in [1.165, 1.54) is 13.4 Å². The van der Waals surface area contributed by atoms with Crippen molar-refractivity contribution in [3.05, 3.63) is 12.7 Å². The minimum absolute atomic E-state index is 0.117. The molecule has 0 saturated carbocycles. The van der Waals surface area contributed by atoms with Crippen molar-refractivity contribution >= 4 is 32.4 Å². The second kappa shape index (κ2) is 5.33. The molecular weight excluding hydrogens is 324 g/mol. The van der Waals surface area contributed by atoms with E-state index in [1.54, 1.807) is 10.9 Å². The van der Waals surface area contributed by atoms with Gasteiger partial charge in [-0.15, -0.1) is 0 Å². The van der Waals surface area contributed by atoms with Gasteiger partial charge in [0.15, 0.2) is 23.8 Å². The molecule has 12 heteroatoms. The molecule has 1 unspecified atom stereocenters. The van der Waals surface area contributed by atoms with Crippen molar-refractivity contribution in [2.24, 2.45) is 0 Å².